The largest absolute Gasteiger partial charge is 0.439 e. The number of hydrogen-bond acceptors (Lipinski definition) is 3. The highest BCUT2D eigenvalue weighted by Crippen LogP contribution is 2.25. The highest BCUT2D eigenvalue weighted by atomic mass is 19.4. The smallest absolute Gasteiger partial charge is 0.323 e. The molecule has 0 amide bonds. The lowest BCUT2D eigenvalue weighted by Gasteiger charge is -2.07. The molecule has 1 aliphatic rings. The summed E-state index contributed by atoms with van der Waals surface area (Å²) in [6.07, 6.45) is -6.00. The SMILES string of the molecule is FC(F)(F)C1N=COO1. The first-order valence-corrected chi connectivity index (χ1v) is 2.01. The van der Waals surface area contributed by atoms with Gasteiger partial charge in [0, 0.05) is 0 Å². The zero-order valence-electron chi connectivity index (χ0n) is 4.05. The van der Waals surface area contributed by atoms with Crippen LogP contribution in [-0.4, -0.2) is 18.8 Å². The second-order valence-corrected chi connectivity index (χ2v) is 1.34. The molecular formula is C3H2F3NO2. The van der Waals surface area contributed by atoms with Gasteiger partial charge in [0.2, 0.25) is 6.40 Å². The summed E-state index contributed by atoms with van der Waals surface area (Å²) in [5, 5.41) is 0. The summed E-state index contributed by atoms with van der Waals surface area (Å²) in [7, 11) is 0. The van der Waals surface area contributed by atoms with Crippen LogP contribution in [0.2, 0.25) is 0 Å². The van der Waals surface area contributed by atoms with E-state index in [9.17, 15) is 13.2 Å². The van der Waals surface area contributed by atoms with Crippen LogP contribution in [0.3, 0.4) is 0 Å². The normalized spacial score (nSPS) is 26.3. The molecule has 0 aromatic rings. The Balaban J connectivity index is 2.53. The minimum Gasteiger partial charge on any atom is -0.323 e. The first-order valence-electron chi connectivity index (χ1n) is 2.01. The Morgan fingerprint density at radius 2 is 2.11 bits per heavy atom. The van der Waals surface area contributed by atoms with Gasteiger partial charge in [0.1, 0.15) is 0 Å². The molecule has 0 fully saturated rings. The molecule has 1 atom stereocenters. The van der Waals surface area contributed by atoms with Crippen molar-refractivity contribution in [2.45, 2.75) is 12.4 Å². The standard InChI is InChI=1S/C3H2F3NO2/c4-3(5,6)2-7-1-8-9-2/h1-2H. The van der Waals surface area contributed by atoms with Gasteiger partial charge in [-0.1, -0.05) is 0 Å². The average molecular weight is 141 g/mol. The molecule has 1 rings (SSSR count). The fourth-order valence-electron chi connectivity index (χ4n) is 0.322. The third-order valence-electron chi connectivity index (χ3n) is 0.666. The Bertz CT molecular complexity index is 132. The van der Waals surface area contributed by atoms with Crippen molar-refractivity contribution < 1.29 is 22.9 Å². The van der Waals surface area contributed by atoms with Crippen molar-refractivity contribution in [3.8, 4) is 0 Å². The summed E-state index contributed by atoms with van der Waals surface area (Å²) in [5.41, 5.74) is 0. The van der Waals surface area contributed by atoms with Crippen LogP contribution in [0.1, 0.15) is 0 Å². The second-order valence-electron chi connectivity index (χ2n) is 1.34. The minimum atomic E-state index is -4.47. The Kier molecular flexibility index (Phi) is 1.32. The van der Waals surface area contributed by atoms with Gasteiger partial charge in [-0.25, -0.2) is 4.99 Å². The van der Waals surface area contributed by atoms with Crippen LogP contribution in [0.5, 0.6) is 0 Å². The van der Waals surface area contributed by atoms with Crippen LogP contribution in [0, 0.1) is 0 Å². The fraction of sp³-hybridized carbons (Fsp3) is 0.667. The lowest BCUT2D eigenvalue weighted by Crippen LogP contribution is -2.26. The van der Waals surface area contributed by atoms with Crippen molar-refractivity contribution in [3.63, 3.8) is 0 Å². The van der Waals surface area contributed by atoms with E-state index in [0.29, 0.717) is 6.40 Å². The summed E-state index contributed by atoms with van der Waals surface area (Å²) >= 11 is 0. The van der Waals surface area contributed by atoms with Gasteiger partial charge in [0.05, 0.1) is 0 Å². The van der Waals surface area contributed by atoms with E-state index in [2.05, 4.69) is 14.8 Å². The van der Waals surface area contributed by atoms with E-state index in [1.165, 1.54) is 0 Å². The average Bonchev–Trinajstić information content (AvgIpc) is 2.08. The predicted molar refractivity (Wildman–Crippen MR) is 20.5 cm³/mol. The topological polar surface area (TPSA) is 30.8 Å². The summed E-state index contributed by atoms with van der Waals surface area (Å²) in [4.78, 5) is 10.3. The third-order valence-corrected chi connectivity index (χ3v) is 0.666. The van der Waals surface area contributed by atoms with Gasteiger partial charge in [-0.15, -0.1) is 0 Å². The lowest BCUT2D eigenvalue weighted by molar-refractivity contribution is -0.315. The van der Waals surface area contributed by atoms with Crippen molar-refractivity contribution in [3.05, 3.63) is 0 Å². The monoisotopic (exact) mass is 141 g/mol. The van der Waals surface area contributed by atoms with Gasteiger partial charge in [-0.05, 0) is 0 Å². The van der Waals surface area contributed by atoms with Crippen LogP contribution in [0.4, 0.5) is 13.2 Å². The number of aliphatic imine (C=N–C) groups is 1. The lowest BCUT2D eigenvalue weighted by atomic mass is 10.6. The zero-order valence-corrected chi connectivity index (χ0v) is 4.05. The van der Waals surface area contributed by atoms with E-state index in [1.807, 2.05) is 0 Å². The fourth-order valence-corrected chi connectivity index (χ4v) is 0.322. The number of alkyl halides is 3. The molecule has 0 saturated carbocycles. The van der Waals surface area contributed by atoms with E-state index in [1.54, 1.807) is 0 Å². The van der Waals surface area contributed by atoms with Gasteiger partial charge in [-0.3, -0.25) is 0 Å². The molecule has 0 aliphatic carbocycles. The van der Waals surface area contributed by atoms with Crippen LogP contribution in [0.15, 0.2) is 4.99 Å². The quantitative estimate of drug-likeness (QED) is 0.468. The Labute approximate surface area is 48.0 Å². The van der Waals surface area contributed by atoms with E-state index in [4.69, 9.17) is 0 Å². The molecule has 3 nitrogen and oxygen atoms in total. The summed E-state index contributed by atoms with van der Waals surface area (Å²) in [6.45, 7) is 0. The molecule has 0 spiro atoms. The minimum absolute atomic E-state index is 0.609. The molecule has 0 aromatic heterocycles. The molecule has 0 radical (unpaired) electrons. The molecule has 1 aliphatic heterocycles. The van der Waals surface area contributed by atoms with Crippen LogP contribution in [0.25, 0.3) is 0 Å². The van der Waals surface area contributed by atoms with Crippen LogP contribution < -0.4 is 0 Å². The molecule has 1 heterocycles. The van der Waals surface area contributed by atoms with Crippen LogP contribution >= 0.6 is 0 Å². The Morgan fingerprint density at radius 3 is 2.33 bits per heavy atom. The summed E-state index contributed by atoms with van der Waals surface area (Å²) < 4.78 is 34.3. The predicted octanol–water partition coefficient (Wildman–Crippen LogP) is 0.865. The number of rotatable bonds is 0. The van der Waals surface area contributed by atoms with Gasteiger partial charge in [0.15, 0.2) is 0 Å². The number of halogens is 3. The van der Waals surface area contributed by atoms with Crippen molar-refractivity contribution in [2.75, 3.05) is 0 Å². The van der Waals surface area contributed by atoms with Crippen molar-refractivity contribution in [1.29, 1.82) is 0 Å². The van der Waals surface area contributed by atoms with Crippen LogP contribution in [-0.2, 0) is 9.78 Å². The van der Waals surface area contributed by atoms with Crippen molar-refractivity contribution >= 4 is 6.40 Å². The molecule has 9 heavy (non-hydrogen) atoms. The van der Waals surface area contributed by atoms with Crippen molar-refractivity contribution in [1.82, 2.24) is 0 Å². The van der Waals surface area contributed by atoms with E-state index in [-0.39, 0.29) is 0 Å². The molecule has 0 bridgehead atoms. The Hall–Kier alpha value is -0.780. The Morgan fingerprint density at radius 1 is 1.44 bits per heavy atom. The zero-order chi connectivity index (χ0) is 6.91. The highest BCUT2D eigenvalue weighted by Gasteiger charge is 2.44. The van der Waals surface area contributed by atoms with E-state index >= 15 is 0 Å². The maximum absolute atomic E-state index is 11.4. The van der Waals surface area contributed by atoms with Crippen molar-refractivity contribution in [2.24, 2.45) is 4.99 Å². The maximum Gasteiger partial charge on any atom is 0.439 e. The molecule has 52 valence electrons. The van der Waals surface area contributed by atoms with Gasteiger partial charge < -0.3 is 4.89 Å². The molecule has 0 saturated heterocycles. The first-order chi connectivity index (χ1) is 4.11. The van der Waals surface area contributed by atoms with Gasteiger partial charge in [0.25, 0.3) is 6.23 Å². The molecule has 6 heteroatoms. The maximum atomic E-state index is 11.4. The molecule has 0 aromatic carbocycles. The number of hydrogen-bond donors (Lipinski definition) is 0. The summed E-state index contributed by atoms with van der Waals surface area (Å²) in [6, 6.07) is 0. The molecule has 1 unspecified atom stereocenters. The molecule has 0 N–H and O–H groups in total. The van der Waals surface area contributed by atoms with Gasteiger partial charge in [-0.2, -0.15) is 18.1 Å². The van der Waals surface area contributed by atoms with E-state index < -0.39 is 12.4 Å². The van der Waals surface area contributed by atoms with Gasteiger partial charge >= 0.3 is 6.18 Å². The highest BCUT2D eigenvalue weighted by molar-refractivity contribution is 5.46. The second kappa shape index (κ2) is 1.87. The van der Waals surface area contributed by atoms with E-state index in [0.717, 1.165) is 0 Å². The number of nitrogens with zero attached hydrogens (tertiary/aromatic N) is 1. The first kappa shape index (κ1) is 6.34. The third kappa shape index (κ3) is 1.32. The molecular weight excluding hydrogens is 139 g/mol. The summed E-state index contributed by atoms with van der Waals surface area (Å²) in [5.74, 6) is 0.